The molecule has 12 heteroatoms. The molecule has 4 rings (SSSR count). The number of aliphatic hydroxyl groups excluding tert-OH is 1. The SMILES string of the molecule is CC.CCCc1ncn2c(=O)[nH]c(-c3cc(S(=O)(=O)N4CCN(CCO)CC4)ccc3OCC)nc12. The number of nitrogens with one attached hydrogen (secondary N) is 1. The molecule has 0 unspecified atom stereocenters. The Bertz CT molecular complexity index is 1310. The Morgan fingerprint density at radius 2 is 1.86 bits per heavy atom. The van der Waals surface area contributed by atoms with Gasteiger partial charge in [-0.2, -0.15) is 4.31 Å². The first-order valence-electron chi connectivity index (χ1n) is 12.5. The van der Waals surface area contributed by atoms with Crippen molar-refractivity contribution in [1.82, 2.24) is 28.6 Å². The summed E-state index contributed by atoms with van der Waals surface area (Å²) < 4.78 is 35.3. The van der Waals surface area contributed by atoms with Gasteiger partial charge in [0, 0.05) is 32.7 Å². The van der Waals surface area contributed by atoms with Crippen LogP contribution in [0.1, 0.15) is 39.8 Å². The predicted molar refractivity (Wildman–Crippen MR) is 138 cm³/mol. The highest BCUT2D eigenvalue weighted by Crippen LogP contribution is 2.32. The van der Waals surface area contributed by atoms with E-state index in [0.29, 0.717) is 68.4 Å². The summed E-state index contributed by atoms with van der Waals surface area (Å²) in [6.45, 7) is 10.6. The Hall–Kier alpha value is -2.80. The zero-order chi connectivity index (χ0) is 26.3. The lowest BCUT2D eigenvalue weighted by Crippen LogP contribution is -2.49. The van der Waals surface area contributed by atoms with Gasteiger partial charge in [0.2, 0.25) is 10.0 Å². The maximum absolute atomic E-state index is 13.4. The minimum atomic E-state index is -3.77. The monoisotopic (exact) mass is 520 g/mol. The van der Waals surface area contributed by atoms with Gasteiger partial charge in [0.15, 0.2) is 5.65 Å². The van der Waals surface area contributed by atoms with Gasteiger partial charge in [0.25, 0.3) is 0 Å². The molecule has 0 atom stereocenters. The number of benzene rings is 1. The highest BCUT2D eigenvalue weighted by atomic mass is 32.2. The molecular weight excluding hydrogens is 484 g/mol. The van der Waals surface area contributed by atoms with Crippen LogP contribution in [-0.4, -0.2) is 88.0 Å². The molecule has 1 saturated heterocycles. The first-order chi connectivity index (χ1) is 17.4. The molecule has 0 saturated carbocycles. The molecule has 36 heavy (non-hydrogen) atoms. The number of fused-ring (bicyclic) bond motifs is 1. The maximum atomic E-state index is 13.4. The van der Waals surface area contributed by atoms with Gasteiger partial charge in [-0.3, -0.25) is 9.88 Å². The average molecular weight is 521 g/mol. The minimum Gasteiger partial charge on any atom is -0.493 e. The second-order valence-electron chi connectivity index (χ2n) is 8.09. The van der Waals surface area contributed by atoms with E-state index in [-0.39, 0.29) is 17.3 Å². The van der Waals surface area contributed by atoms with Crippen molar-refractivity contribution in [3.05, 3.63) is 40.7 Å². The summed E-state index contributed by atoms with van der Waals surface area (Å²) in [6, 6.07) is 4.62. The average Bonchev–Trinajstić information content (AvgIpc) is 3.29. The standard InChI is InChI=1S/C22H30N6O5S.C2H6/c1-3-5-18-21-24-20(25-22(30)28(21)15-23-18)17-14-16(6-7-19(17)33-4-2)34(31,32)27-10-8-26(9-11-27)12-13-29;1-2/h6-7,14-15,29H,3-5,8-13H2,1-2H3,(H,24,25,30);1-2H3. The number of β-amino-alcohol motifs (C(OH)–C–C–N with tert-alkyl or cyclic N) is 1. The summed E-state index contributed by atoms with van der Waals surface area (Å²) in [5.41, 5.74) is 1.13. The van der Waals surface area contributed by atoms with E-state index in [9.17, 15) is 13.2 Å². The third kappa shape index (κ3) is 5.77. The topological polar surface area (TPSA) is 133 Å². The third-order valence-electron chi connectivity index (χ3n) is 5.86. The van der Waals surface area contributed by atoms with Gasteiger partial charge in [-0.1, -0.05) is 27.2 Å². The molecule has 0 spiro atoms. The molecule has 0 bridgehead atoms. The summed E-state index contributed by atoms with van der Waals surface area (Å²) in [4.78, 5) is 26.5. The van der Waals surface area contributed by atoms with Crippen LogP contribution in [0.5, 0.6) is 5.75 Å². The highest BCUT2D eigenvalue weighted by Gasteiger charge is 2.29. The van der Waals surface area contributed by atoms with Crippen LogP contribution in [0, 0.1) is 0 Å². The van der Waals surface area contributed by atoms with Crippen LogP contribution >= 0.6 is 0 Å². The van der Waals surface area contributed by atoms with E-state index in [2.05, 4.69) is 15.0 Å². The van der Waals surface area contributed by atoms with Crippen molar-refractivity contribution in [2.75, 3.05) is 45.9 Å². The summed E-state index contributed by atoms with van der Waals surface area (Å²) in [5, 5.41) is 9.13. The van der Waals surface area contributed by atoms with Crippen molar-refractivity contribution >= 4 is 15.7 Å². The number of hydrogen-bond acceptors (Lipinski definition) is 8. The molecule has 0 radical (unpaired) electrons. The first kappa shape index (κ1) is 27.8. The van der Waals surface area contributed by atoms with Gasteiger partial charge in [-0.05, 0) is 31.5 Å². The van der Waals surface area contributed by atoms with E-state index in [4.69, 9.17) is 9.84 Å². The number of aryl methyl sites for hydroxylation is 1. The Labute approximate surface area is 211 Å². The second-order valence-corrected chi connectivity index (χ2v) is 10.0. The number of sulfonamides is 1. The highest BCUT2D eigenvalue weighted by molar-refractivity contribution is 7.89. The molecule has 2 aromatic heterocycles. The van der Waals surface area contributed by atoms with Crippen LogP contribution in [0.2, 0.25) is 0 Å². The minimum absolute atomic E-state index is 0.0434. The Balaban J connectivity index is 0.00000176. The number of imidazole rings is 1. The largest absolute Gasteiger partial charge is 0.493 e. The molecule has 198 valence electrons. The van der Waals surface area contributed by atoms with Crippen molar-refractivity contribution in [3.8, 4) is 17.1 Å². The maximum Gasteiger partial charge on any atom is 0.334 e. The van der Waals surface area contributed by atoms with Crippen LogP contribution in [0.25, 0.3) is 17.0 Å². The molecule has 0 aliphatic carbocycles. The number of H-pyrrole nitrogens is 1. The molecule has 1 aliphatic rings. The quantitative estimate of drug-likeness (QED) is 0.436. The van der Waals surface area contributed by atoms with Crippen molar-refractivity contribution in [3.63, 3.8) is 0 Å². The van der Waals surface area contributed by atoms with Crippen molar-refractivity contribution in [2.24, 2.45) is 0 Å². The Morgan fingerprint density at radius 1 is 1.14 bits per heavy atom. The molecule has 1 aliphatic heterocycles. The fraction of sp³-hybridized carbons (Fsp3) is 0.542. The molecule has 3 heterocycles. The normalized spacial score (nSPS) is 15.0. The Kier molecular flexibility index (Phi) is 9.60. The van der Waals surface area contributed by atoms with Gasteiger partial charge in [0.05, 0.1) is 29.4 Å². The van der Waals surface area contributed by atoms with E-state index in [1.54, 1.807) is 6.07 Å². The van der Waals surface area contributed by atoms with E-state index >= 15 is 0 Å². The zero-order valence-electron chi connectivity index (χ0n) is 21.4. The predicted octanol–water partition coefficient (Wildman–Crippen LogP) is 1.76. The second kappa shape index (κ2) is 12.4. The molecular formula is C24H36N6O5S. The van der Waals surface area contributed by atoms with Gasteiger partial charge >= 0.3 is 5.69 Å². The van der Waals surface area contributed by atoms with E-state index in [1.165, 1.54) is 27.2 Å². The summed E-state index contributed by atoms with van der Waals surface area (Å²) >= 11 is 0. The molecule has 1 fully saturated rings. The van der Waals surface area contributed by atoms with Crippen LogP contribution in [0.3, 0.4) is 0 Å². The van der Waals surface area contributed by atoms with Crippen LogP contribution in [0.15, 0.2) is 34.2 Å². The molecule has 1 aromatic carbocycles. The third-order valence-corrected chi connectivity index (χ3v) is 7.75. The van der Waals surface area contributed by atoms with Crippen molar-refractivity contribution in [1.29, 1.82) is 0 Å². The fourth-order valence-electron chi connectivity index (χ4n) is 4.10. The van der Waals surface area contributed by atoms with Gasteiger partial charge < -0.3 is 9.84 Å². The zero-order valence-corrected chi connectivity index (χ0v) is 22.2. The number of nitrogens with zero attached hydrogens (tertiary/aromatic N) is 5. The summed E-state index contributed by atoms with van der Waals surface area (Å²) in [5.74, 6) is 0.655. The summed E-state index contributed by atoms with van der Waals surface area (Å²) in [6.07, 6.45) is 2.96. The molecule has 3 aromatic rings. The van der Waals surface area contributed by atoms with Gasteiger partial charge in [-0.25, -0.2) is 27.6 Å². The number of aromatic nitrogens is 4. The lowest BCUT2D eigenvalue weighted by atomic mass is 10.2. The smallest absolute Gasteiger partial charge is 0.334 e. The number of ether oxygens (including phenoxy) is 1. The van der Waals surface area contributed by atoms with Crippen LogP contribution in [0.4, 0.5) is 0 Å². The number of hydrogen-bond donors (Lipinski definition) is 2. The summed E-state index contributed by atoms with van der Waals surface area (Å²) in [7, 11) is -3.77. The van der Waals surface area contributed by atoms with E-state index in [1.807, 2.05) is 32.6 Å². The van der Waals surface area contributed by atoms with E-state index < -0.39 is 15.7 Å². The number of aromatic amines is 1. The molecule has 2 N–H and O–H groups in total. The van der Waals surface area contributed by atoms with Crippen molar-refractivity contribution in [2.45, 2.75) is 45.4 Å². The van der Waals surface area contributed by atoms with Gasteiger partial charge in [-0.15, -0.1) is 0 Å². The molecule has 11 nitrogen and oxygen atoms in total. The molecule has 0 amide bonds. The van der Waals surface area contributed by atoms with Crippen molar-refractivity contribution < 1.29 is 18.3 Å². The number of aliphatic hydroxyl groups is 1. The first-order valence-corrected chi connectivity index (χ1v) is 13.9. The van der Waals surface area contributed by atoms with Gasteiger partial charge in [0.1, 0.15) is 17.9 Å². The van der Waals surface area contributed by atoms with E-state index in [0.717, 1.165) is 6.42 Å². The number of rotatable bonds is 9. The number of piperazine rings is 1. The lowest BCUT2D eigenvalue weighted by molar-refractivity contribution is 0.151. The lowest BCUT2D eigenvalue weighted by Gasteiger charge is -2.33. The Morgan fingerprint density at radius 3 is 2.50 bits per heavy atom. The van der Waals surface area contributed by atoms with Crippen LogP contribution in [-0.2, 0) is 16.4 Å². The van der Waals surface area contributed by atoms with Crippen LogP contribution < -0.4 is 10.4 Å². The fourth-order valence-corrected chi connectivity index (χ4v) is 5.55.